The van der Waals surface area contributed by atoms with Crippen molar-refractivity contribution in [2.45, 2.75) is 27.0 Å². The quantitative estimate of drug-likeness (QED) is 0.236. The van der Waals surface area contributed by atoms with Gasteiger partial charge >= 0.3 is 5.97 Å². The monoisotopic (exact) mass is 462 g/mol. The average Bonchev–Trinajstić information content (AvgIpc) is 3.31. The van der Waals surface area contributed by atoms with Crippen molar-refractivity contribution in [1.82, 2.24) is 14.0 Å². The topological polar surface area (TPSA) is 98.6 Å². The first-order valence-corrected chi connectivity index (χ1v) is 11.1. The van der Waals surface area contributed by atoms with E-state index in [0.29, 0.717) is 23.8 Å². The highest BCUT2D eigenvalue weighted by Gasteiger charge is 2.16. The lowest BCUT2D eigenvalue weighted by Gasteiger charge is -2.08. The summed E-state index contributed by atoms with van der Waals surface area (Å²) in [5.41, 5.74) is 3.44. The molecule has 1 aromatic carbocycles. The highest BCUT2D eigenvalue weighted by Crippen LogP contribution is 2.23. The molecule has 0 unspecified atom stereocenters. The van der Waals surface area contributed by atoms with E-state index in [2.05, 4.69) is 9.55 Å². The van der Waals surface area contributed by atoms with Crippen LogP contribution in [-0.4, -0.2) is 33.6 Å². The van der Waals surface area contributed by atoms with E-state index in [0.717, 1.165) is 27.2 Å². The minimum atomic E-state index is -0.766. The smallest absolute Gasteiger partial charge is 0.349 e. The number of rotatable bonds is 7. The Morgan fingerprint density at radius 2 is 2.06 bits per heavy atom. The standard InChI is InChI=1S/C24H22N4O4S/c1-15-10-17(16(2)27(15)8-9-31-3)11-18(13-25)23(30)32-14-19-12-22(29)28-20-6-4-5-7-21(20)33-24(28)26-19/h4-7,10-12H,8-9,14H2,1-3H3. The molecule has 0 atom stereocenters. The third kappa shape index (κ3) is 4.44. The van der Waals surface area contributed by atoms with Gasteiger partial charge in [-0.3, -0.25) is 9.20 Å². The molecule has 8 nitrogen and oxygen atoms in total. The van der Waals surface area contributed by atoms with Gasteiger partial charge in [-0.25, -0.2) is 9.78 Å². The van der Waals surface area contributed by atoms with Crippen molar-refractivity contribution in [3.05, 3.63) is 75.0 Å². The largest absolute Gasteiger partial charge is 0.455 e. The van der Waals surface area contributed by atoms with Crippen LogP contribution in [0.3, 0.4) is 0 Å². The number of carbonyl (C=O) groups is 1. The zero-order chi connectivity index (χ0) is 23.5. The summed E-state index contributed by atoms with van der Waals surface area (Å²) >= 11 is 1.38. The molecule has 0 spiro atoms. The van der Waals surface area contributed by atoms with E-state index in [1.165, 1.54) is 27.9 Å². The van der Waals surface area contributed by atoms with Gasteiger partial charge in [0.1, 0.15) is 18.2 Å². The zero-order valence-electron chi connectivity index (χ0n) is 18.5. The normalized spacial score (nSPS) is 11.8. The molecule has 0 saturated carbocycles. The Kier molecular flexibility index (Phi) is 6.40. The van der Waals surface area contributed by atoms with Crippen molar-refractivity contribution in [3.63, 3.8) is 0 Å². The van der Waals surface area contributed by atoms with Crippen LogP contribution in [0.4, 0.5) is 0 Å². The van der Waals surface area contributed by atoms with Gasteiger partial charge in [0.15, 0.2) is 4.96 Å². The van der Waals surface area contributed by atoms with Crippen LogP contribution in [0.2, 0.25) is 0 Å². The van der Waals surface area contributed by atoms with E-state index >= 15 is 0 Å². The number of aromatic nitrogens is 3. The second-order valence-corrected chi connectivity index (χ2v) is 8.50. The molecule has 168 valence electrons. The first kappa shape index (κ1) is 22.5. The number of nitriles is 1. The van der Waals surface area contributed by atoms with Gasteiger partial charge < -0.3 is 14.0 Å². The predicted molar refractivity (Wildman–Crippen MR) is 126 cm³/mol. The average molecular weight is 463 g/mol. The van der Waals surface area contributed by atoms with Gasteiger partial charge in [0.2, 0.25) is 0 Å². The summed E-state index contributed by atoms with van der Waals surface area (Å²) < 4.78 is 15.0. The molecule has 0 fully saturated rings. The number of carbonyl (C=O) groups excluding carboxylic acids is 1. The number of fused-ring (bicyclic) bond motifs is 3. The zero-order valence-corrected chi connectivity index (χ0v) is 19.3. The van der Waals surface area contributed by atoms with Crippen LogP contribution in [-0.2, 0) is 27.4 Å². The Labute approximate surface area is 193 Å². The first-order chi connectivity index (χ1) is 15.9. The fourth-order valence-electron chi connectivity index (χ4n) is 3.71. The van der Waals surface area contributed by atoms with E-state index < -0.39 is 5.97 Å². The summed E-state index contributed by atoms with van der Waals surface area (Å²) in [6.45, 7) is 4.91. The van der Waals surface area contributed by atoms with E-state index in [4.69, 9.17) is 9.47 Å². The number of esters is 1. The lowest BCUT2D eigenvalue weighted by Crippen LogP contribution is -2.15. The summed E-state index contributed by atoms with van der Waals surface area (Å²) in [7, 11) is 1.64. The number of benzene rings is 1. The predicted octanol–water partition coefficient (Wildman–Crippen LogP) is 3.62. The van der Waals surface area contributed by atoms with Crippen molar-refractivity contribution in [1.29, 1.82) is 5.26 Å². The van der Waals surface area contributed by atoms with Crippen LogP contribution >= 0.6 is 11.3 Å². The van der Waals surface area contributed by atoms with Crippen molar-refractivity contribution in [3.8, 4) is 6.07 Å². The van der Waals surface area contributed by atoms with Gasteiger partial charge in [-0.2, -0.15) is 5.26 Å². The summed E-state index contributed by atoms with van der Waals surface area (Å²) in [6, 6.07) is 12.7. The molecule has 0 N–H and O–H groups in total. The molecule has 0 aliphatic heterocycles. The second kappa shape index (κ2) is 9.40. The van der Waals surface area contributed by atoms with Gasteiger partial charge in [0.25, 0.3) is 5.56 Å². The Morgan fingerprint density at radius 1 is 1.27 bits per heavy atom. The molecule has 4 rings (SSSR count). The molecule has 4 aromatic rings. The Bertz CT molecular complexity index is 1490. The van der Waals surface area contributed by atoms with Gasteiger partial charge in [0.05, 0.1) is 22.5 Å². The molecular formula is C24H22N4O4S. The van der Waals surface area contributed by atoms with Crippen LogP contribution in [0.15, 0.2) is 46.8 Å². The fourth-order valence-corrected chi connectivity index (χ4v) is 4.76. The van der Waals surface area contributed by atoms with Gasteiger partial charge in [0, 0.05) is 31.1 Å². The third-order valence-corrected chi connectivity index (χ3v) is 6.39. The van der Waals surface area contributed by atoms with E-state index in [1.807, 2.05) is 50.2 Å². The number of hydrogen-bond acceptors (Lipinski definition) is 7. The maximum Gasteiger partial charge on any atom is 0.349 e. The van der Waals surface area contributed by atoms with Crippen molar-refractivity contribution >= 4 is 38.6 Å². The number of ether oxygens (including phenoxy) is 2. The van der Waals surface area contributed by atoms with Crippen LogP contribution in [0.5, 0.6) is 0 Å². The molecule has 9 heteroatoms. The van der Waals surface area contributed by atoms with Gasteiger partial charge in [-0.1, -0.05) is 23.5 Å². The van der Waals surface area contributed by atoms with Crippen molar-refractivity contribution in [2.75, 3.05) is 13.7 Å². The third-order valence-electron chi connectivity index (χ3n) is 5.37. The van der Waals surface area contributed by atoms with Crippen LogP contribution in [0.1, 0.15) is 22.6 Å². The number of thiazole rings is 1. The van der Waals surface area contributed by atoms with Crippen molar-refractivity contribution < 1.29 is 14.3 Å². The molecule has 3 heterocycles. The van der Waals surface area contributed by atoms with E-state index in [1.54, 1.807) is 7.11 Å². The fraction of sp³-hybridized carbons (Fsp3) is 0.250. The molecule has 0 amide bonds. The highest BCUT2D eigenvalue weighted by molar-refractivity contribution is 7.23. The summed E-state index contributed by atoms with van der Waals surface area (Å²) in [5, 5.41) is 9.52. The van der Waals surface area contributed by atoms with Crippen LogP contribution in [0, 0.1) is 25.2 Å². The van der Waals surface area contributed by atoms with E-state index in [9.17, 15) is 14.9 Å². The Morgan fingerprint density at radius 3 is 2.82 bits per heavy atom. The molecule has 0 aliphatic carbocycles. The second-order valence-electron chi connectivity index (χ2n) is 7.49. The molecular weight excluding hydrogens is 440 g/mol. The molecule has 0 radical (unpaired) electrons. The number of hydrogen-bond donors (Lipinski definition) is 0. The summed E-state index contributed by atoms with van der Waals surface area (Å²) in [5.74, 6) is -0.766. The van der Waals surface area contributed by atoms with E-state index in [-0.39, 0.29) is 17.7 Å². The maximum atomic E-state index is 12.6. The lowest BCUT2D eigenvalue weighted by molar-refractivity contribution is -0.139. The maximum absolute atomic E-state index is 12.6. The summed E-state index contributed by atoms with van der Waals surface area (Å²) in [4.78, 5) is 30.2. The summed E-state index contributed by atoms with van der Waals surface area (Å²) in [6.07, 6.45) is 1.52. The number of para-hydroxylation sites is 1. The number of aryl methyl sites for hydroxylation is 1. The Hall–Kier alpha value is -3.74. The number of nitrogens with zero attached hydrogens (tertiary/aromatic N) is 4. The van der Waals surface area contributed by atoms with Gasteiger partial charge in [-0.05, 0) is 43.7 Å². The highest BCUT2D eigenvalue weighted by atomic mass is 32.1. The molecule has 0 saturated heterocycles. The minimum absolute atomic E-state index is 0.123. The first-order valence-electron chi connectivity index (χ1n) is 10.3. The molecule has 33 heavy (non-hydrogen) atoms. The number of methoxy groups -OCH3 is 1. The van der Waals surface area contributed by atoms with Crippen molar-refractivity contribution in [2.24, 2.45) is 0 Å². The Balaban J connectivity index is 1.54. The van der Waals surface area contributed by atoms with Gasteiger partial charge in [-0.15, -0.1) is 0 Å². The van der Waals surface area contributed by atoms with Crippen LogP contribution < -0.4 is 5.56 Å². The molecule has 3 aromatic heterocycles. The minimum Gasteiger partial charge on any atom is -0.455 e. The molecule has 0 bridgehead atoms. The van der Waals surface area contributed by atoms with Crippen LogP contribution in [0.25, 0.3) is 21.3 Å². The SMILES string of the molecule is COCCn1c(C)cc(C=C(C#N)C(=O)OCc2cc(=O)n3c(n2)sc2ccccc23)c1C. The lowest BCUT2D eigenvalue weighted by atomic mass is 10.1. The molecule has 0 aliphatic rings.